The van der Waals surface area contributed by atoms with Crippen LogP contribution in [0.5, 0.6) is 5.75 Å². The van der Waals surface area contributed by atoms with Crippen LogP contribution >= 0.6 is 0 Å². The van der Waals surface area contributed by atoms with Gasteiger partial charge in [-0.1, -0.05) is 30.4 Å². The fraction of sp³-hybridized carbons (Fsp3) is 0.348. The fourth-order valence-electron chi connectivity index (χ4n) is 4.38. The van der Waals surface area contributed by atoms with Crippen LogP contribution in [0.1, 0.15) is 24.0 Å². The van der Waals surface area contributed by atoms with Crippen molar-refractivity contribution in [3.05, 3.63) is 71.5 Å². The largest absolute Gasteiger partial charge is 0.493 e. The van der Waals surface area contributed by atoms with Crippen molar-refractivity contribution in [1.29, 1.82) is 0 Å². The minimum Gasteiger partial charge on any atom is -0.493 e. The number of amidine groups is 1. The summed E-state index contributed by atoms with van der Waals surface area (Å²) in [5, 5.41) is 0. The van der Waals surface area contributed by atoms with Crippen molar-refractivity contribution in [2.45, 2.75) is 24.8 Å². The molecule has 2 aliphatic heterocycles. The molecule has 0 amide bonds. The number of halogens is 2. The van der Waals surface area contributed by atoms with Gasteiger partial charge in [0, 0.05) is 11.0 Å². The fourth-order valence-corrected chi connectivity index (χ4v) is 4.38. The summed E-state index contributed by atoms with van der Waals surface area (Å²) in [6, 6.07) is 6.14. The molecule has 2 heterocycles. The molecule has 1 aromatic rings. The van der Waals surface area contributed by atoms with E-state index >= 15 is 0 Å². The Kier molecular flexibility index (Phi) is 4.41. The summed E-state index contributed by atoms with van der Waals surface area (Å²) in [5.41, 5.74) is 7.99. The van der Waals surface area contributed by atoms with E-state index in [1.165, 1.54) is 0 Å². The van der Waals surface area contributed by atoms with Crippen molar-refractivity contribution in [3.63, 3.8) is 0 Å². The molecule has 1 saturated carbocycles. The first-order valence-corrected chi connectivity index (χ1v) is 9.95. The second-order valence-electron chi connectivity index (χ2n) is 7.99. The first-order valence-electron chi connectivity index (χ1n) is 9.95. The topological polar surface area (TPSA) is 66.1 Å². The number of benzene rings is 1. The lowest BCUT2D eigenvalue weighted by molar-refractivity contribution is 0.0526. The Hall–Kier alpha value is -3.09. The van der Waals surface area contributed by atoms with E-state index in [-0.39, 0.29) is 11.4 Å². The van der Waals surface area contributed by atoms with Crippen LogP contribution < -0.4 is 10.5 Å². The van der Waals surface area contributed by atoms with Crippen molar-refractivity contribution in [3.8, 4) is 5.75 Å². The molecule has 7 heteroatoms. The van der Waals surface area contributed by atoms with E-state index in [0.717, 1.165) is 35.3 Å². The first-order chi connectivity index (χ1) is 14.5. The second kappa shape index (κ2) is 7.00. The van der Waals surface area contributed by atoms with Crippen LogP contribution in [0.25, 0.3) is 5.57 Å². The van der Waals surface area contributed by atoms with Gasteiger partial charge in [0.15, 0.2) is 0 Å². The SMILES string of the molecule is NC1=NC2(CO1)c1cc(C3=C/C=C/C=C/C(OCC(F)F)=C3)ccc1OCC21CC1. The molecule has 2 spiro atoms. The number of rotatable bonds is 4. The molecule has 1 unspecified atom stereocenters. The highest BCUT2D eigenvalue weighted by Gasteiger charge is 2.66. The van der Waals surface area contributed by atoms with Crippen LogP contribution in [0, 0.1) is 5.41 Å². The summed E-state index contributed by atoms with van der Waals surface area (Å²) in [5.74, 6) is 1.15. The van der Waals surface area contributed by atoms with Gasteiger partial charge in [-0.25, -0.2) is 13.8 Å². The third kappa shape index (κ3) is 3.09. The number of nitrogens with two attached hydrogens (primary N) is 1. The zero-order valence-corrected chi connectivity index (χ0v) is 16.3. The summed E-state index contributed by atoms with van der Waals surface area (Å²) in [6.07, 6.45) is 10.3. The zero-order valence-electron chi connectivity index (χ0n) is 16.3. The molecule has 2 aliphatic carbocycles. The van der Waals surface area contributed by atoms with Gasteiger partial charge in [0.25, 0.3) is 12.4 Å². The lowest BCUT2D eigenvalue weighted by Crippen LogP contribution is -2.44. The Balaban J connectivity index is 1.55. The van der Waals surface area contributed by atoms with Crippen LogP contribution in [-0.2, 0) is 15.0 Å². The molecule has 4 aliphatic rings. The molecule has 0 radical (unpaired) electrons. The molecular weight excluding hydrogens is 390 g/mol. The molecular formula is C23H22F2N2O3. The summed E-state index contributed by atoms with van der Waals surface area (Å²) < 4.78 is 42.1. The lowest BCUT2D eigenvalue weighted by atomic mass is 9.74. The predicted molar refractivity (Wildman–Crippen MR) is 109 cm³/mol. The summed E-state index contributed by atoms with van der Waals surface area (Å²) in [6.45, 7) is 0.350. The molecule has 2 N–H and O–H groups in total. The van der Waals surface area contributed by atoms with E-state index < -0.39 is 18.6 Å². The number of nitrogens with zero attached hydrogens (tertiary/aromatic N) is 1. The molecule has 1 atom stereocenters. The van der Waals surface area contributed by atoms with Gasteiger partial charge in [0.2, 0.25) is 0 Å². The van der Waals surface area contributed by atoms with Gasteiger partial charge in [-0.2, -0.15) is 0 Å². The number of ether oxygens (including phenoxy) is 3. The Morgan fingerprint density at radius 2 is 2.00 bits per heavy atom. The molecule has 5 rings (SSSR count). The van der Waals surface area contributed by atoms with Crippen LogP contribution in [-0.4, -0.2) is 32.3 Å². The minimum absolute atomic E-state index is 0.0843. The second-order valence-corrected chi connectivity index (χ2v) is 7.99. The number of alkyl halides is 2. The number of hydrogen-bond acceptors (Lipinski definition) is 5. The number of hydrogen-bond donors (Lipinski definition) is 1. The van der Waals surface area contributed by atoms with Crippen molar-refractivity contribution in [1.82, 2.24) is 0 Å². The van der Waals surface area contributed by atoms with Crippen LogP contribution in [0.4, 0.5) is 8.78 Å². The predicted octanol–water partition coefficient (Wildman–Crippen LogP) is 4.07. The average Bonchev–Trinajstić information content (AvgIpc) is 3.39. The summed E-state index contributed by atoms with van der Waals surface area (Å²) in [4.78, 5) is 4.74. The van der Waals surface area contributed by atoms with Gasteiger partial charge in [0.1, 0.15) is 30.3 Å². The third-order valence-corrected chi connectivity index (χ3v) is 6.16. The molecule has 30 heavy (non-hydrogen) atoms. The minimum atomic E-state index is -2.53. The summed E-state index contributed by atoms with van der Waals surface area (Å²) >= 11 is 0. The maximum absolute atomic E-state index is 12.6. The van der Waals surface area contributed by atoms with Gasteiger partial charge in [-0.3, -0.25) is 0 Å². The molecule has 1 aromatic carbocycles. The molecule has 0 aromatic heterocycles. The van der Waals surface area contributed by atoms with Gasteiger partial charge < -0.3 is 19.9 Å². The Morgan fingerprint density at radius 3 is 2.73 bits per heavy atom. The number of aliphatic imine (C=N–C) groups is 1. The van der Waals surface area contributed by atoms with Gasteiger partial charge >= 0.3 is 0 Å². The Labute approximate surface area is 173 Å². The van der Waals surface area contributed by atoms with E-state index in [1.54, 1.807) is 18.2 Å². The maximum atomic E-state index is 12.6. The van der Waals surface area contributed by atoms with Crippen LogP contribution in [0.2, 0.25) is 0 Å². The highest BCUT2D eigenvalue weighted by atomic mass is 19.3. The number of allylic oxidation sites excluding steroid dienone is 7. The van der Waals surface area contributed by atoms with Crippen molar-refractivity contribution in [2.75, 3.05) is 19.8 Å². The van der Waals surface area contributed by atoms with Crippen LogP contribution in [0.15, 0.2) is 65.4 Å². The van der Waals surface area contributed by atoms with Crippen molar-refractivity contribution >= 4 is 11.6 Å². The molecule has 0 bridgehead atoms. The van der Waals surface area contributed by atoms with Gasteiger partial charge in [0.05, 0.1) is 6.61 Å². The highest BCUT2D eigenvalue weighted by molar-refractivity contribution is 5.79. The molecule has 0 saturated heterocycles. The monoisotopic (exact) mass is 412 g/mol. The van der Waals surface area contributed by atoms with E-state index in [4.69, 9.17) is 24.9 Å². The smallest absolute Gasteiger partial charge is 0.283 e. The quantitative estimate of drug-likeness (QED) is 0.810. The van der Waals surface area contributed by atoms with E-state index in [1.807, 2.05) is 36.4 Å². The van der Waals surface area contributed by atoms with E-state index in [0.29, 0.717) is 19.0 Å². The highest BCUT2D eigenvalue weighted by Crippen LogP contribution is 2.65. The maximum Gasteiger partial charge on any atom is 0.283 e. The summed E-state index contributed by atoms with van der Waals surface area (Å²) in [7, 11) is 0. The van der Waals surface area contributed by atoms with Crippen molar-refractivity contribution in [2.24, 2.45) is 16.1 Å². The average molecular weight is 412 g/mol. The molecule has 1 fully saturated rings. The Morgan fingerprint density at radius 1 is 1.13 bits per heavy atom. The standard InChI is InChI=1S/C23H22F2N2O3/c24-20(25)12-28-17-5-3-1-2-4-15(10-17)16-6-7-19-18(11-16)23(14-30-21(26)27-23)22(8-9-22)13-29-19/h1-7,10-11,20H,8-9,12-14H2,(H2,26,27)/b2-1+,3-1?,4-2?,5-3+,15-4?,15-10?,17-5?,17-10?. The van der Waals surface area contributed by atoms with Crippen LogP contribution in [0.3, 0.4) is 0 Å². The van der Waals surface area contributed by atoms with Gasteiger partial charge in [-0.05, 0) is 48.3 Å². The zero-order chi connectivity index (χ0) is 20.8. The lowest BCUT2D eigenvalue weighted by Gasteiger charge is -2.39. The third-order valence-electron chi connectivity index (χ3n) is 6.16. The first kappa shape index (κ1) is 18.9. The van der Waals surface area contributed by atoms with Crippen molar-refractivity contribution < 1.29 is 23.0 Å². The molecule has 5 nitrogen and oxygen atoms in total. The Bertz CT molecular complexity index is 1020. The normalized spacial score (nSPS) is 27.8. The number of fused-ring (bicyclic) bond motifs is 3. The van der Waals surface area contributed by atoms with E-state index in [2.05, 4.69) is 0 Å². The van der Waals surface area contributed by atoms with E-state index in [9.17, 15) is 8.78 Å². The molecule has 156 valence electrons. The van der Waals surface area contributed by atoms with Gasteiger partial charge in [-0.15, -0.1) is 0 Å².